The molecule has 0 bridgehead atoms. The topological polar surface area (TPSA) is 52.6 Å². The van der Waals surface area contributed by atoms with Gasteiger partial charge in [0, 0.05) is 11.1 Å². The summed E-state index contributed by atoms with van der Waals surface area (Å²) in [6, 6.07) is 15.8. The maximum Gasteiger partial charge on any atom is 0.330 e. The van der Waals surface area contributed by atoms with Crippen molar-refractivity contribution < 1.29 is 18.6 Å². The Morgan fingerprint density at radius 2 is 1.59 bits per heavy atom. The van der Waals surface area contributed by atoms with Crippen LogP contribution in [0.15, 0.2) is 54.6 Å². The van der Waals surface area contributed by atoms with Crippen molar-refractivity contribution in [2.45, 2.75) is 6.92 Å². The average molecular weight is 319 g/mol. The zero-order valence-electron chi connectivity index (χ0n) is 12.0. The summed E-state index contributed by atoms with van der Waals surface area (Å²) >= 11 is 5.00. The van der Waals surface area contributed by atoms with Gasteiger partial charge in [-0.1, -0.05) is 30.3 Å². The minimum atomic E-state index is -0.544. The second kappa shape index (κ2) is 7.61. The van der Waals surface area contributed by atoms with E-state index in [1.165, 1.54) is 0 Å². The second-order valence-corrected chi connectivity index (χ2v) is 4.98. The van der Waals surface area contributed by atoms with E-state index in [-0.39, 0.29) is 12.4 Å². The maximum absolute atomic E-state index is 12.2. The van der Waals surface area contributed by atoms with Crippen LogP contribution in [0, 0.1) is 5.92 Å². The lowest BCUT2D eigenvalue weighted by Gasteiger charge is -2.10. The van der Waals surface area contributed by atoms with Crippen molar-refractivity contribution in [2.75, 3.05) is 6.61 Å². The van der Waals surface area contributed by atoms with Crippen LogP contribution in [0.4, 0.5) is 0 Å². The predicted molar refractivity (Wildman–Crippen MR) is 82.9 cm³/mol. The molecule has 0 amide bonds. The Balaban J connectivity index is 1.99. The number of hydrogen-bond donors (Lipinski definition) is 0. The Morgan fingerprint density at radius 1 is 1.00 bits per heavy atom. The molecule has 114 valence electrons. The van der Waals surface area contributed by atoms with E-state index in [1.54, 1.807) is 43.3 Å². The molecular formula is C17H15ClO4. The summed E-state index contributed by atoms with van der Waals surface area (Å²) in [6.45, 7) is 1.80. The van der Waals surface area contributed by atoms with Crippen molar-refractivity contribution in [3.05, 3.63) is 65.7 Å². The fourth-order valence-corrected chi connectivity index (χ4v) is 1.98. The molecule has 0 radical (unpaired) electrons. The molecule has 0 aliphatic rings. The number of hydrogen-bond acceptors (Lipinski definition) is 4. The van der Waals surface area contributed by atoms with Gasteiger partial charge in [-0.2, -0.15) is 0 Å². The number of benzene rings is 2. The lowest BCUT2D eigenvalue weighted by Crippen LogP contribution is -2.18. The summed E-state index contributed by atoms with van der Waals surface area (Å²) in [4.78, 5) is 23.4. The van der Waals surface area contributed by atoms with Gasteiger partial charge in [-0.3, -0.25) is 9.59 Å². The number of rotatable bonds is 6. The van der Waals surface area contributed by atoms with Gasteiger partial charge in [-0.05, 0) is 31.2 Å². The first-order valence-electron chi connectivity index (χ1n) is 6.77. The van der Waals surface area contributed by atoms with E-state index >= 15 is 0 Å². The third-order valence-electron chi connectivity index (χ3n) is 3.13. The smallest absolute Gasteiger partial charge is 0.330 e. The summed E-state index contributed by atoms with van der Waals surface area (Å²) in [5, 5.41) is 0. The first-order chi connectivity index (χ1) is 10.6. The Morgan fingerprint density at radius 3 is 2.18 bits per heavy atom. The number of ketones is 1. The molecular weight excluding hydrogens is 304 g/mol. The van der Waals surface area contributed by atoms with Gasteiger partial charge >= 0.3 is 5.97 Å². The van der Waals surface area contributed by atoms with Gasteiger partial charge in [0.2, 0.25) is 0 Å². The summed E-state index contributed by atoms with van der Waals surface area (Å²) in [7, 11) is 0. The highest BCUT2D eigenvalue weighted by molar-refractivity contribution is 6.13. The van der Waals surface area contributed by atoms with E-state index in [0.29, 0.717) is 16.9 Å². The zero-order chi connectivity index (χ0) is 15.9. The molecule has 2 rings (SSSR count). The van der Waals surface area contributed by atoms with Crippen LogP contribution in [0.25, 0.3) is 0 Å². The fourth-order valence-electron chi connectivity index (χ4n) is 1.82. The molecule has 4 nitrogen and oxygen atoms in total. The summed E-state index contributed by atoms with van der Waals surface area (Å²) in [6.07, 6.45) is 0. The van der Waals surface area contributed by atoms with Gasteiger partial charge in [0.15, 0.2) is 5.78 Å². The minimum Gasteiger partial charge on any atom is -0.493 e. The van der Waals surface area contributed by atoms with Gasteiger partial charge in [-0.25, -0.2) is 0 Å². The van der Waals surface area contributed by atoms with Crippen molar-refractivity contribution in [1.82, 2.24) is 0 Å². The van der Waals surface area contributed by atoms with Crippen LogP contribution >= 0.6 is 11.9 Å². The molecule has 2 aromatic rings. The Kier molecular flexibility index (Phi) is 5.55. The van der Waals surface area contributed by atoms with Crippen molar-refractivity contribution in [2.24, 2.45) is 5.92 Å². The molecule has 1 unspecified atom stereocenters. The van der Waals surface area contributed by atoms with Crippen LogP contribution < -0.4 is 4.74 Å². The molecule has 1 atom stereocenters. The zero-order valence-corrected chi connectivity index (χ0v) is 12.7. The number of ether oxygens (including phenoxy) is 1. The molecule has 0 spiro atoms. The van der Waals surface area contributed by atoms with Crippen molar-refractivity contribution >= 4 is 23.6 Å². The lowest BCUT2D eigenvalue weighted by atomic mass is 10.0. The van der Waals surface area contributed by atoms with Crippen LogP contribution in [-0.2, 0) is 9.08 Å². The van der Waals surface area contributed by atoms with Gasteiger partial charge in [-0.15, -0.1) is 0 Å². The molecule has 0 fully saturated rings. The first kappa shape index (κ1) is 16.0. The lowest BCUT2D eigenvalue weighted by molar-refractivity contribution is -0.138. The molecule has 5 heteroatoms. The van der Waals surface area contributed by atoms with E-state index in [4.69, 9.17) is 16.6 Å². The van der Waals surface area contributed by atoms with E-state index < -0.39 is 11.9 Å². The third kappa shape index (κ3) is 4.09. The van der Waals surface area contributed by atoms with E-state index in [0.717, 1.165) is 0 Å². The van der Waals surface area contributed by atoms with Crippen LogP contribution in [0.1, 0.15) is 22.8 Å². The Labute approximate surface area is 133 Å². The molecule has 0 saturated heterocycles. The summed E-state index contributed by atoms with van der Waals surface area (Å²) in [5.41, 5.74) is 1.21. The van der Waals surface area contributed by atoms with E-state index in [9.17, 15) is 9.59 Å². The van der Waals surface area contributed by atoms with E-state index in [1.807, 2.05) is 18.2 Å². The van der Waals surface area contributed by atoms with Gasteiger partial charge in [0.1, 0.15) is 24.2 Å². The van der Waals surface area contributed by atoms with E-state index in [2.05, 4.69) is 4.29 Å². The van der Waals surface area contributed by atoms with Crippen molar-refractivity contribution in [3.8, 4) is 5.75 Å². The Bertz CT molecular complexity index is 637. The molecule has 0 heterocycles. The SMILES string of the molecule is CC(COc1ccc(C(=O)c2ccccc2)cc1)C(=O)OCl. The van der Waals surface area contributed by atoms with Crippen molar-refractivity contribution in [3.63, 3.8) is 0 Å². The second-order valence-electron chi connectivity index (χ2n) is 4.83. The normalized spacial score (nSPS) is 11.5. The Hall–Kier alpha value is -2.33. The fraction of sp³-hybridized carbons (Fsp3) is 0.176. The molecule has 2 aromatic carbocycles. The van der Waals surface area contributed by atoms with Crippen LogP contribution in [0.2, 0.25) is 0 Å². The maximum atomic E-state index is 12.2. The average Bonchev–Trinajstić information content (AvgIpc) is 2.59. The van der Waals surface area contributed by atoms with Gasteiger partial charge in [0.25, 0.3) is 0 Å². The predicted octanol–water partition coefficient (Wildman–Crippen LogP) is 3.63. The van der Waals surface area contributed by atoms with Gasteiger partial charge < -0.3 is 9.03 Å². The third-order valence-corrected chi connectivity index (χ3v) is 3.28. The molecule has 0 aromatic heterocycles. The number of carbonyl (C=O) groups is 2. The van der Waals surface area contributed by atoms with Crippen LogP contribution in [-0.4, -0.2) is 18.4 Å². The minimum absolute atomic E-state index is 0.0498. The van der Waals surface area contributed by atoms with Crippen LogP contribution in [0.3, 0.4) is 0 Å². The highest BCUT2D eigenvalue weighted by atomic mass is 35.5. The molecule has 22 heavy (non-hydrogen) atoms. The monoisotopic (exact) mass is 318 g/mol. The quantitative estimate of drug-likeness (QED) is 0.763. The number of carbonyl (C=O) groups excluding carboxylic acids is 2. The molecule has 0 saturated carbocycles. The summed E-state index contributed by atoms with van der Waals surface area (Å²) < 4.78 is 9.57. The largest absolute Gasteiger partial charge is 0.493 e. The highest BCUT2D eigenvalue weighted by Gasteiger charge is 2.15. The summed E-state index contributed by atoms with van der Waals surface area (Å²) in [5.74, 6) is -0.495. The standard InChI is InChI=1S/C17H15ClO4/c1-12(17(20)22-18)11-21-15-9-7-14(8-10-15)16(19)13-5-3-2-4-6-13/h2-10,12H,11H2,1H3. The molecule has 0 aliphatic carbocycles. The molecule has 0 N–H and O–H groups in total. The highest BCUT2D eigenvalue weighted by Crippen LogP contribution is 2.16. The number of halogens is 1. The van der Waals surface area contributed by atoms with Crippen molar-refractivity contribution in [1.29, 1.82) is 0 Å². The van der Waals surface area contributed by atoms with Gasteiger partial charge in [0.05, 0.1) is 5.92 Å². The van der Waals surface area contributed by atoms with Crippen LogP contribution in [0.5, 0.6) is 5.75 Å². The first-order valence-corrected chi connectivity index (χ1v) is 7.07. The molecule has 0 aliphatic heterocycles.